The molecule has 0 bridgehead atoms. The van der Waals surface area contributed by atoms with Gasteiger partial charge in [0, 0.05) is 0 Å². The van der Waals surface area contributed by atoms with Crippen molar-refractivity contribution in [1.82, 2.24) is 0 Å². The van der Waals surface area contributed by atoms with Gasteiger partial charge in [0.1, 0.15) is 11.5 Å². The number of nitrogens with zero attached hydrogens (tertiary/aromatic N) is 2. The summed E-state index contributed by atoms with van der Waals surface area (Å²) >= 11 is 4.57. The van der Waals surface area contributed by atoms with Crippen LogP contribution in [0.1, 0.15) is 16.4 Å². The normalized spacial score (nSPS) is 9.60. The minimum atomic E-state index is -0.109. The van der Waals surface area contributed by atoms with Crippen molar-refractivity contribution in [3.8, 4) is 24.0 Å². The van der Waals surface area contributed by atoms with Crippen LogP contribution in [0, 0.1) is 23.0 Å². The number of rotatable bonds is 4. The van der Waals surface area contributed by atoms with Crippen LogP contribution in [-0.2, 0) is 0 Å². The molecule has 0 heterocycles. The molecule has 0 spiro atoms. The number of hydrogen-bond donors (Lipinski definition) is 1. The molecule has 0 saturated heterocycles. The molecule has 98 valence electrons. The van der Waals surface area contributed by atoms with Crippen LogP contribution in [0.25, 0.3) is 0 Å². The van der Waals surface area contributed by atoms with E-state index >= 15 is 0 Å². The van der Waals surface area contributed by atoms with Gasteiger partial charge >= 0.3 is 0 Å². The average Bonchev–Trinajstić information content (AvgIpc) is 2.49. The van der Waals surface area contributed by atoms with Gasteiger partial charge in [0.2, 0.25) is 0 Å². The van der Waals surface area contributed by atoms with Crippen LogP contribution in [0.4, 0.5) is 0 Å². The monoisotopic (exact) mass is 282 g/mol. The topological polar surface area (TPSA) is 66.0 Å². The lowest BCUT2D eigenvalue weighted by molar-refractivity contribution is 0.507. The van der Waals surface area contributed by atoms with E-state index in [9.17, 15) is 0 Å². The second kappa shape index (κ2) is 6.51. The van der Waals surface area contributed by atoms with Crippen molar-refractivity contribution in [2.75, 3.05) is 0 Å². The van der Waals surface area contributed by atoms with E-state index in [2.05, 4.69) is 12.6 Å². The largest absolute Gasteiger partial charge is 0.388 e. The van der Waals surface area contributed by atoms with Crippen LogP contribution < -0.4 is 9.47 Å². The first-order valence-electron chi connectivity index (χ1n) is 5.74. The van der Waals surface area contributed by atoms with Crippen LogP contribution in [0.15, 0.2) is 48.5 Å². The lowest BCUT2D eigenvalue weighted by Gasteiger charge is -2.12. The highest BCUT2D eigenvalue weighted by Gasteiger charge is 2.09. The highest BCUT2D eigenvalue weighted by molar-refractivity contribution is 7.80. The zero-order valence-corrected chi connectivity index (χ0v) is 11.2. The Labute approximate surface area is 122 Å². The predicted molar refractivity (Wildman–Crippen MR) is 76.2 cm³/mol. The fourth-order valence-corrected chi connectivity index (χ4v) is 2.08. The fourth-order valence-electron chi connectivity index (χ4n) is 1.73. The van der Waals surface area contributed by atoms with Crippen molar-refractivity contribution < 1.29 is 9.47 Å². The third kappa shape index (κ3) is 3.23. The van der Waals surface area contributed by atoms with Crippen molar-refractivity contribution >= 4 is 12.6 Å². The molecule has 0 amide bonds. The number of ether oxygens (including phenoxy) is 2. The van der Waals surface area contributed by atoms with Crippen LogP contribution in [0.5, 0.6) is 11.5 Å². The molecule has 5 heteroatoms. The summed E-state index contributed by atoms with van der Waals surface area (Å²) in [5.74, 6) is 0.990. The first-order valence-corrected chi connectivity index (χ1v) is 6.26. The first-order chi connectivity index (χ1) is 9.74. The van der Waals surface area contributed by atoms with E-state index in [4.69, 9.17) is 20.0 Å². The van der Waals surface area contributed by atoms with Gasteiger partial charge in [-0.1, -0.05) is 24.3 Å². The third-order valence-corrected chi connectivity index (χ3v) is 3.31. The van der Waals surface area contributed by atoms with Crippen LogP contribution in [-0.4, -0.2) is 0 Å². The van der Waals surface area contributed by atoms with Gasteiger partial charge in [-0.25, -0.2) is 0 Å². The lowest BCUT2D eigenvalue weighted by atomic mass is 10.0. The Morgan fingerprint density at radius 2 is 1.10 bits per heavy atom. The summed E-state index contributed by atoms with van der Waals surface area (Å²) in [5, 5.41) is 16.7. The van der Waals surface area contributed by atoms with Gasteiger partial charge < -0.3 is 9.47 Å². The zero-order valence-electron chi connectivity index (χ0n) is 10.4. The SMILES string of the molecule is N#COc1ccc(C(S)c2ccc(OC#N)cc2)cc1. The number of thiol groups is 1. The summed E-state index contributed by atoms with van der Waals surface area (Å²) in [6.45, 7) is 0. The summed E-state index contributed by atoms with van der Waals surface area (Å²) in [6, 6.07) is 14.3. The molecule has 0 unspecified atom stereocenters. The van der Waals surface area contributed by atoms with E-state index in [0.717, 1.165) is 11.1 Å². The van der Waals surface area contributed by atoms with Crippen molar-refractivity contribution in [3.63, 3.8) is 0 Å². The van der Waals surface area contributed by atoms with Crippen LogP contribution in [0.3, 0.4) is 0 Å². The highest BCUT2D eigenvalue weighted by Crippen LogP contribution is 2.30. The quantitative estimate of drug-likeness (QED) is 0.689. The molecule has 2 aromatic carbocycles. The second-order valence-electron chi connectivity index (χ2n) is 3.93. The van der Waals surface area contributed by atoms with E-state index in [1.165, 1.54) is 0 Å². The molecule has 0 aliphatic carbocycles. The second-order valence-corrected chi connectivity index (χ2v) is 4.44. The Balaban J connectivity index is 2.16. The lowest BCUT2D eigenvalue weighted by Crippen LogP contribution is -1.94. The molecule has 0 aliphatic heterocycles. The van der Waals surface area contributed by atoms with Gasteiger partial charge in [0.05, 0.1) is 5.25 Å². The van der Waals surface area contributed by atoms with Gasteiger partial charge in [-0.15, -0.1) is 10.5 Å². The van der Waals surface area contributed by atoms with E-state index in [0.29, 0.717) is 11.5 Å². The van der Waals surface area contributed by atoms with Crippen LogP contribution in [0.2, 0.25) is 0 Å². The maximum atomic E-state index is 8.42. The van der Waals surface area contributed by atoms with Crippen molar-refractivity contribution in [2.24, 2.45) is 0 Å². The summed E-state index contributed by atoms with van der Waals surface area (Å²) in [4.78, 5) is 0. The number of benzene rings is 2. The van der Waals surface area contributed by atoms with Gasteiger partial charge in [-0.2, -0.15) is 12.6 Å². The van der Waals surface area contributed by atoms with Crippen molar-refractivity contribution in [2.45, 2.75) is 5.25 Å². The molecule has 4 nitrogen and oxygen atoms in total. The number of nitriles is 2. The molecule has 0 radical (unpaired) electrons. The summed E-state index contributed by atoms with van der Waals surface area (Å²) in [6.07, 6.45) is 3.25. The van der Waals surface area contributed by atoms with E-state index in [1.807, 2.05) is 24.3 Å². The first kappa shape index (κ1) is 13.8. The van der Waals surface area contributed by atoms with Gasteiger partial charge in [0.15, 0.2) is 0 Å². The Bertz CT molecular complexity index is 595. The summed E-state index contributed by atoms with van der Waals surface area (Å²) in [5.41, 5.74) is 1.96. The number of hydrogen-bond acceptors (Lipinski definition) is 5. The molecular formula is C15H10N2O2S. The van der Waals surface area contributed by atoms with Gasteiger partial charge in [-0.05, 0) is 35.4 Å². The molecule has 0 atom stereocenters. The third-order valence-electron chi connectivity index (χ3n) is 2.72. The van der Waals surface area contributed by atoms with Crippen molar-refractivity contribution in [1.29, 1.82) is 10.5 Å². The van der Waals surface area contributed by atoms with E-state index < -0.39 is 0 Å². The minimum Gasteiger partial charge on any atom is -0.388 e. The Kier molecular flexibility index (Phi) is 4.49. The molecule has 0 fully saturated rings. The maximum Gasteiger partial charge on any atom is 0.292 e. The van der Waals surface area contributed by atoms with Gasteiger partial charge in [-0.3, -0.25) is 0 Å². The molecule has 0 aromatic heterocycles. The molecule has 0 saturated carbocycles. The van der Waals surface area contributed by atoms with E-state index in [1.54, 1.807) is 36.8 Å². The standard InChI is InChI=1S/C15H10N2O2S/c16-9-18-13-5-1-11(2-6-13)15(20)12-3-7-14(8-4-12)19-10-17/h1-8,15,20H. The van der Waals surface area contributed by atoms with Crippen molar-refractivity contribution in [3.05, 3.63) is 59.7 Å². The molecule has 2 rings (SSSR count). The predicted octanol–water partition coefficient (Wildman–Crippen LogP) is 3.43. The molecule has 20 heavy (non-hydrogen) atoms. The minimum absolute atomic E-state index is 0.109. The fraction of sp³-hybridized carbons (Fsp3) is 0.0667. The summed E-state index contributed by atoms with van der Waals surface area (Å²) < 4.78 is 9.44. The Morgan fingerprint density at radius 1 is 0.750 bits per heavy atom. The molecule has 0 N–H and O–H groups in total. The molecule has 0 aliphatic rings. The Morgan fingerprint density at radius 3 is 1.40 bits per heavy atom. The highest BCUT2D eigenvalue weighted by atomic mass is 32.1. The van der Waals surface area contributed by atoms with Gasteiger partial charge in [0.25, 0.3) is 12.5 Å². The van der Waals surface area contributed by atoms with Crippen LogP contribution >= 0.6 is 12.6 Å². The average molecular weight is 282 g/mol. The van der Waals surface area contributed by atoms with E-state index in [-0.39, 0.29) is 5.25 Å². The smallest absolute Gasteiger partial charge is 0.292 e. The molecule has 2 aromatic rings. The molecular weight excluding hydrogens is 272 g/mol. The zero-order chi connectivity index (χ0) is 14.4. The maximum absolute atomic E-state index is 8.42. The Hall–Kier alpha value is -2.63. The summed E-state index contributed by atoms with van der Waals surface area (Å²) in [7, 11) is 0.